The summed E-state index contributed by atoms with van der Waals surface area (Å²) in [5, 5.41) is 5.28. The van der Waals surface area contributed by atoms with Gasteiger partial charge >= 0.3 is 0 Å². The maximum atomic E-state index is 16.7. The fraction of sp³-hybridized carbons (Fsp3) is 0.0141. The first kappa shape index (κ1) is 44.8. The van der Waals surface area contributed by atoms with E-state index in [9.17, 15) is 0 Å². The van der Waals surface area contributed by atoms with Crippen LogP contribution in [0.4, 0.5) is 0 Å². The average molecular weight is 1000 g/mol. The van der Waals surface area contributed by atoms with Crippen LogP contribution in [0.5, 0.6) is 0 Å². The number of fused-ring (bicyclic) bond motifs is 14. The summed E-state index contributed by atoms with van der Waals surface area (Å²) < 4.78 is 16.7. The standard InChI is InChI=1S/C71H45N4OP/c76-77(52-25-9-3-10-26-52,53-27-11-4-12-28-53)54-44-50(43-51(45-54)70-74-68(48-23-7-2-8-24-48)73-69(75-70)49-39-37-47(38-40-49)46-21-5-1-6-22-46)67-59-41-42-63-66(65(59)58-32-16-20-36-64(58)72-67)57-31-15-19-35-62(57)71(63)60-33-17-13-29-55(60)56-30-14-18-34-61(56)71/h1-45H. The van der Waals surface area contributed by atoms with E-state index in [1.807, 2.05) is 103 Å². The van der Waals surface area contributed by atoms with Crippen molar-refractivity contribution in [2.24, 2.45) is 0 Å². The number of nitrogens with zero attached hydrogens (tertiary/aromatic N) is 4. The summed E-state index contributed by atoms with van der Waals surface area (Å²) in [6, 6.07) is 94.8. The van der Waals surface area contributed by atoms with Crippen molar-refractivity contribution < 1.29 is 4.57 Å². The second kappa shape index (κ2) is 17.7. The molecule has 0 atom stereocenters. The lowest BCUT2D eigenvalue weighted by atomic mass is 9.70. The van der Waals surface area contributed by atoms with Gasteiger partial charge in [-0.1, -0.05) is 249 Å². The Balaban J connectivity index is 1.02. The molecule has 0 bridgehead atoms. The van der Waals surface area contributed by atoms with Gasteiger partial charge in [0.05, 0.1) is 16.6 Å². The van der Waals surface area contributed by atoms with Crippen LogP contribution in [0.25, 0.3) is 100 Å². The second-order valence-electron chi connectivity index (χ2n) is 19.9. The molecule has 77 heavy (non-hydrogen) atoms. The highest BCUT2D eigenvalue weighted by Crippen LogP contribution is 2.64. The quantitative estimate of drug-likeness (QED) is 0.112. The molecule has 13 aromatic rings. The van der Waals surface area contributed by atoms with E-state index in [1.165, 1.54) is 44.5 Å². The Morgan fingerprint density at radius 2 is 0.740 bits per heavy atom. The van der Waals surface area contributed by atoms with Gasteiger partial charge in [-0.2, -0.15) is 0 Å². The largest absolute Gasteiger partial charge is 0.309 e. The smallest absolute Gasteiger partial charge is 0.171 e. The van der Waals surface area contributed by atoms with E-state index < -0.39 is 12.6 Å². The summed E-state index contributed by atoms with van der Waals surface area (Å²) in [7, 11) is -3.59. The molecule has 2 heterocycles. The number of pyridine rings is 1. The molecule has 11 aromatic carbocycles. The van der Waals surface area contributed by atoms with Gasteiger partial charge in [0.1, 0.15) is 0 Å². The highest BCUT2D eigenvalue weighted by Gasteiger charge is 2.52. The Bertz CT molecular complexity index is 4440. The van der Waals surface area contributed by atoms with Crippen molar-refractivity contribution in [2.75, 3.05) is 0 Å². The minimum Gasteiger partial charge on any atom is -0.309 e. The highest BCUT2D eigenvalue weighted by molar-refractivity contribution is 7.85. The summed E-state index contributed by atoms with van der Waals surface area (Å²) in [6.07, 6.45) is 0. The molecule has 2 aromatic heterocycles. The van der Waals surface area contributed by atoms with Crippen molar-refractivity contribution in [1.82, 2.24) is 19.9 Å². The van der Waals surface area contributed by atoms with Crippen molar-refractivity contribution in [1.29, 1.82) is 0 Å². The molecule has 0 saturated carbocycles. The molecule has 6 heteroatoms. The zero-order valence-corrected chi connectivity index (χ0v) is 42.5. The van der Waals surface area contributed by atoms with Gasteiger partial charge in [-0.15, -0.1) is 0 Å². The number of rotatable bonds is 8. The van der Waals surface area contributed by atoms with Crippen molar-refractivity contribution in [3.63, 3.8) is 0 Å². The molecule has 0 saturated heterocycles. The zero-order valence-electron chi connectivity index (χ0n) is 41.6. The Kier molecular flexibility index (Phi) is 10.3. The van der Waals surface area contributed by atoms with E-state index >= 15 is 4.57 Å². The number of para-hydroxylation sites is 1. The van der Waals surface area contributed by atoms with Crippen LogP contribution >= 0.6 is 7.14 Å². The van der Waals surface area contributed by atoms with Gasteiger partial charge in [0, 0.05) is 54.3 Å². The number of aromatic nitrogens is 4. The topological polar surface area (TPSA) is 68.6 Å². The van der Waals surface area contributed by atoms with Crippen LogP contribution in [-0.4, -0.2) is 19.9 Å². The maximum absolute atomic E-state index is 16.7. The normalized spacial score (nSPS) is 12.8. The predicted molar refractivity (Wildman–Crippen MR) is 316 cm³/mol. The minimum atomic E-state index is -3.59. The minimum absolute atomic E-state index is 0.456. The summed E-state index contributed by atoms with van der Waals surface area (Å²) in [6.45, 7) is 0. The predicted octanol–water partition coefficient (Wildman–Crippen LogP) is 15.9. The maximum Gasteiger partial charge on any atom is 0.171 e. The molecule has 0 N–H and O–H groups in total. The van der Waals surface area contributed by atoms with Crippen molar-refractivity contribution in [2.45, 2.75) is 5.41 Å². The van der Waals surface area contributed by atoms with Gasteiger partial charge < -0.3 is 4.57 Å². The zero-order chi connectivity index (χ0) is 51.1. The van der Waals surface area contributed by atoms with Crippen LogP contribution in [0.3, 0.4) is 0 Å². The molecular weight excluding hydrogens is 956 g/mol. The lowest BCUT2D eigenvalue weighted by Crippen LogP contribution is -2.25. The van der Waals surface area contributed by atoms with Crippen LogP contribution in [0, 0.1) is 0 Å². The van der Waals surface area contributed by atoms with Gasteiger partial charge in [-0.05, 0) is 79.9 Å². The van der Waals surface area contributed by atoms with Gasteiger partial charge in [0.15, 0.2) is 24.6 Å². The van der Waals surface area contributed by atoms with Crippen LogP contribution in [0.15, 0.2) is 273 Å². The van der Waals surface area contributed by atoms with Gasteiger partial charge in [0.25, 0.3) is 0 Å². The molecule has 360 valence electrons. The second-order valence-corrected chi connectivity index (χ2v) is 22.7. The number of hydrogen-bond acceptors (Lipinski definition) is 5. The first-order valence-electron chi connectivity index (χ1n) is 26.1. The third kappa shape index (κ3) is 6.91. The number of benzene rings is 11. The van der Waals surface area contributed by atoms with Crippen LogP contribution < -0.4 is 15.9 Å². The van der Waals surface area contributed by atoms with Gasteiger partial charge in [-0.25, -0.2) is 19.9 Å². The fourth-order valence-corrected chi connectivity index (χ4v) is 15.1. The van der Waals surface area contributed by atoms with Crippen LogP contribution in [0.2, 0.25) is 0 Å². The molecular formula is C71H45N4OP. The van der Waals surface area contributed by atoms with Crippen LogP contribution in [-0.2, 0) is 9.98 Å². The highest BCUT2D eigenvalue weighted by atomic mass is 31.2. The van der Waals surface area contributed by atoms with E-state index in [4.69, 9.17) is 19.9 Å². The van der Waals surface area contributed by atoms with Crippen molar-refractivity contribution >= 4 is 44.7 Å². The Morgan fingerprint density at radius 1 is 0.299 bits per heavy atom. The molecule has 5 nitrogen and oxygen atoms in total. The first-order valence-corrected chi connectivity index (χ1v) is 27.8. The summed E-state index contributed by atoms with van der Waals surface area (Å²) in [4.78, 5) is 21.4. The van der Waals surface area contributed by atoms with E-state index in [-0.39, 0.29) is 0 Å². The molecule has 1 spiro atoms. The molecule has 0 fully saturated rings. The molecule has 0 radical (unpaired) electrons. The Labute approximate surface area is 446 Å². The van der Waals surface area contributed by atoms with E-state index in [2.05, 4.69) is 170 Å². The van der Waals surface area contributed by atoms with Crippen molar-refractivity contribution in [3.8, 4) is 78.8 Å². The molecule has 0 unspecified atom stereocenters. The Hall–Kier alpha value is -9.67. The van der Waals surface area contributed by atoms with Gasteiger partial charge in [-0.3, -0.25) is 0 Å². The molecule has 2 aliphatic carbocycles. The summed E-state index contributed by atoms with van der Waals surface area (Å²) in [5.41, 5.74) is 16.6. The molecule has 15 rings (SSSR count). The summed E-state index contributed by atoms with van der Waals surface area (Å²) in [5.74, 6) is 1.52. The van der Waals surface area contributed by atoms with E-state index in [1.54, 1.807) is 0 Å². The van der Waals surface area contributed by atoms with E-state index in [0.29, 0.717) is 28.3 Å². The molecule has 2 aliphatic rings. The first-order chi connectivity index (χ1) is 38.1. The molecule has 0 amide bonds. The monoisotopic (exact) mass is 1000 g/mol. The average Bonchev–Trinajstić information content (AvgIpc) is 4.13. The lowest BCUT2D eigenvalue weighted by Gasteiger charge is -2.30. The SMILES string of the molecule is O=P(c1ccccc1)(c1ccccc1)c1cc(-c2nc(-c3ccccc3)nc(-c3ccc(-c4ccccc4)cc3)n2)cc(-c2nc3ccccc3c3c4c(ccc23)C2(c3ccccc3-c3ccccc32)c2ccccc2-4)c1. The Morgan fingerprint density at radius 3 is 1.35 bits per heavy atom. The van der Waals surface area contributed by atoms with Crippen LogP contribution in [0.1, 0.15) is 22.3 Å². The van der Waals surface area contributed by atoms with E-state index in [0.717, 1.165) is 65.8 Å². The van der Waals surface area contributed by atoms with Gasteiger partial charge in [0.2, 0.25) is 0 Å². The number of hydrogen-bond donors (Lipinski definition) is 0. The third-order valence-electron chi connectivity index (χ3n) is 15.8. The fourth-order valence-electron chi connectivity index (χ4n) is 12.4. The third-order valence-corrected chi connectivity index (χ3v) is 18.8. The molecule has 0 aliphatic heterocycles. The lowest BCUT2D eigenvalue weighted by molar-refractivity contribution is 0.592. The van der Waals surface area contributed by atoms with Crippen molar-refractivity contribution in [3.05, 3.63) is 295 Å². The summed E-state index contributed by atoms with van der Waals surface area (Å²) >= 11 is 0.